The number of aromatic nitrogens is 3. The molecule has 3 aromatic rings. The van der Waals surface area contributed by atoms with E-state index in [9.17, 15) is 0 Å². The van der Waals surface area contributed by atoms with Gasteiger partial charge < -0.3 is 4.57 Å². The lowest BCUT2D eigenvalue weighted by molar-refractivity contribution is 0.190. The molecule has 4 rings (SSSR count). The predicted octanol–water partition coefficient (Wildman–Crippen LogP) is 4.72. The molecule has 0 unspecified atom stereocenters. The molecule has 2 heterocycles. The van der Waals surface area contributed by atoms with Gasteiger partial charge in [0.15, 0.2) is 10.6 Å². The summed E-state index contributed by atoms with van der Waals surface area (Å²) in [6.07, 6.45) is 2.40. The molecule has 1 fully saturated rings. The molecule has 4 nitrogen and oxygen atoms in total. The second-order valence-electron chi connectivity index (χ2n) is 7.00. The molecule has 5 heteroatoms. The van der Waals surface area contributed by atoms with Gasteiger partial charge in [-0.15, -0.1) is 0 Å². The van der Waals surface area contributed by atoms with Crippen LogP contribution in [0.25, 0.3) is 11.4 Å². The molecule has 0 aliphatic carbocycles. The lowest BCUT2D eigenvalue weighted by Crippen LogP contribution is -2.27. The Balaban J connectivity index is 1.64. The highest BCUT2D eigenvalue weighted by Crippen LogP contribution is 2.32. The first kappa shape index (κ1) is 17.2. The average molecular weight is 365 g/mol. The molecule has 0 spiro atoms. The molecule has 1 aliphatic rings. The minimum Gasteiger partial charge on any atom is -0.303 e. The van der Waals surface area contributed by atoms with Crippen LogP contribution < -0.4 is 0 Å². The van der Waals surface area contributed by atoms with Gasteiger partial charge >= 0.3 is 0 Å². The number of aryl methyl sites for hydroxylation is 1. The number of likely N-dealkylation sites (tertiary alicyclic amines) is 1. The van der Waals surface area contributed by atoms with Gasteiger partial charge in [-0.25, -0.2) is 4.68 Å². The van der Waals surface area contributed by atoms with E-state index in [1.54, 1.807) is 0 Å². The van der Waals surface area contributed by atoms with Crippen molar-refractivity contribution >= 4 is 12.2 Å². The first-order valence-corrected chi connectivity index (χ1v) is 9.55. The van der Waals surface area contributed by atoms with Crippen molar-refractivity contribution < 1.29 is 0 Å². The van der Waals surface area contributed by atoms with Crippen molar-refractivity contribution in [1.29, 1.82) is 0 Å². The molecule has 2 aromatic carbocycles. The molecule has 1 aromatic heterocycles. The Hall–Kier alpha value is -2.24. The Kier molecular flexibility index (Phi) is 4.74. The van der Waals surface area contributed by atoms with E-state index in [0.29, 0.717) is 6.04 Å². The van der Waals surface area contributed by atoms with Crippen LogP contribution in [-0.4, -0.2) is 25.8 Å². The van der Waals surface area contributed by atoms with Gasteiger partial charge in [0, 0.05) is 25.2 Å². The van der Waals surface area contributed by atoms with Crippen molar-refractivity contribution in [2.45, 2.75) is 32.5 Å². The van der Waals surface area contributed by atoms with E-state index in [1.165, 1.54) is 24.0 Å². The Morgan fingerprint density at radius 1 is 1.08 bits per heavy atom. The summed E-state index contributed by atoms with van der Waals surface area (Å²) in [5, 5.41) is 4.87. The number of nitrogens with zero attached hydrogens (tertiary/aromatic N) is 4. The molecule has 0 radical (unpaired) electrons. The molecule has 0 N–H and O–H groups in total. The monoisotopic (exact) mass is 364 g/mol. The van der Waals surface area contributed by atoms with Crippen LogP contribution in [0, 0.1) is 11.7 Å². The number of benzene rings is 2. The molecule has 1 saturated heterocycles. The van der Waals surface area contributed by atoms with E-state index in [-0.39, 0.29) is 0 Å². The van der Waals surface area contributed by atoms with E-state index >= 15 is 0 Å². The third-order valence-corrected chi connectivity index (χ3v) is 5.78. The molecule has 1 atom stereocenters. The quantitative estimate of drug-likeness (QED) is 0.627. The fourth-order valence-corrected chi connectivity index (χ4v) is 4.04. The summed E-state index contributed by atoms with van der Waals surface area (Å²) in [7, 11) is 2.01. The van der Waals surface area contributed by atoms with E-state index in [4.69, 9.17) is 17.3 Å². The minimum absolute atomic E-state index is 0.446. The Morgan fingerprint density at radius 2 is 1.81 bits per heavy atom. The van der Waals surface area contributed by atoms with Crippen molar-refractivity contribution in [2.75, 3.05) is 6.54 Å². The van der Waals surface area contributed by atoms with Crippen molar-refractivity contribution in [3.05, 3.63) is 70.5 Å². The van der Waals surface area contributed by atoms with Crippen molar-refractivity contribution in [2.24, 2.45) is 7.05 Å². The Bertz CT molecular complexity index is 958. The van der Waals surface area contributed by atoms with Crippen molar-refractivity contribution in [3.8, 4) is 11.4 Å². The maximum atomic E-state index is 5.68. The molecule has 0 bridgehead atoms. The van der Waals surface area contributed by atoms with Crippen LogP contribution in [0.2, 0.25) is 0 Å². The van der Waals surface area contributed by atoms with Crippen LogP contribution in [0.3, 0.4) is 0 Å². The van der Waals surface area contributed by atoms with E-state index < -0.39 is 0 Å². The van der Waals surface area contributed by atoms with Crippen LogP contribution in [0.15, 0.2) is 54.6 Å². The molecule has 0 saturated carbocycles. The maximum Gasteiger partial charge on any atom is 0.199 e. The summed E-state index contributed by atoms with van der Waals surface area (Å²) in [6.45, 7) is 3.93. The fraction of sp³-hybridized carbons (Fsp3) is 0.333. The first-order chi connectivity index (χ1) is 12.6. The standard InChI is InChI=1S/C21H24N4S/c1-16-9-6-7-12-18(16)20-22-25(21(26)23(20)2)15-24-14-8-13-19(24)17-10-4-3-5-11-17/h3-7,9-12,19H,8,13-15H2,1-2H3/t19-/m1/s1. The van der Waals surface area contributed by atoms with E-state index in [1.807, 2.05) is 16.3 Å². The zero-order valence-corrected chi connectivity index (χ0v) is 16.1. The van der Waals surface area contributed by atoms with Crippen LogP contribution in [0.4, 0.5) is 0 Å². The van der Waals surface area contributed by atoms with Gasteiger partial charge in [0.25, 0.3) is 0 Å². The molecular formula is C21H24N4S. The first-order valence-electron chi connectivity index (χ1n) is 9.14. The topological polar surface area (TPSA) is 26.0 Å². The zero-order chi connectivity index (χ0) is 18.1. The predicted molar refractivity (Wildman–Crippen MR) is 107 cm³/mol. The van der Waals surface area contributed by atoms with Crippen molar-refractivity contribution in [1.82, 2.24) is 19.2 Å². The third kappa shape index (κ3) is 3.13. The third-order valence-electron chi connectivity index (χ3n) is 5.29. The summed E-state index contributed by atoms with van der Waals surface area (Å²) in [5.41, 5.74) is 3.73. The summed E-state index contributed by atoms with van der Waals surface area (Å²) in [6, 6.07) is 19.5. The second-order valence-corrected chi connectivity index (χ2v) is 7.37. The SMILES string of the molecule is Cc1ccccc1-c1nn(CN2CCC[C@@H]2c2ccccc2)c(=S)n1C. The minimum atomic E-state index is 0.446. The molecule has 1 aliphatic heterocycles. The zero-order valence-electron chi connectivity index (χ0n) is 15.3. The highest BCUT2D eigenvalue weighted by Gasteiger charge is 2.26. The van der Waals surface area contributed by atoms with Gasteiger partial charge in [-0.1, -0.05) is 54.6 Å². The Labute approximate surface area is 159 Å². The molecule has 134 valence electrons. The van der Waals surface area contributed by atoms with Gasteiger partial charge in [0.1, 0.15) is 0 Å². The molecule has 0 amide bonds. The fourth-order valence-electron chi connectivity index (χ4n) is 3.86. The van der Waals surface area contributed by atoms with Crippen LogP contribution in [-0.2, 0) is 13.7 Å². The smallest absolute Gasteiger partial charge is 0.199 e. The van der Waals surface area contributed by atoms with Gasteiger partial charge in [-0.05, 0) is 43.1 Å². The number of hydrogen-bond acceptors (Lipinski definition) is 3. The second kappa shape index (κ2) is 7.17. The van der Waals surface area contributed by atoms with Crippen molar-refractivity contribution in [3.63, 3.8) is 0 Å². The maximum absolute atomic E-state index is 5.68. The summed E-state index contributed by atoms with van der Waals surface area (Å²) in [4.78, 5) is 2.49. The lowest BCUT2D eigenvalue weighted by atomic mass is 10.1. The van der Waals surface area contributed by atoms with Crippen LogP contribution in [0.5, 0.6) is 0 Å². The molecule has 26 heavy (non-hydrogen) atoms. The van der Waals surface area contributed by atoms with Gasteiger partial charge in [0.05, 0.1) is 6.67 Å². The summed E-state index contributed by atoms with van der Waals surface area (Å²) < 4.78 is 4.76. The van der Waals surface area contributed by atoms with E-state index in [0.717, 1.165) is 29.4 Å². The number of hydrogen-bond donors (Lipinski definition) is 0. The normalized spacial score (nSPS) is 17.7. The lowest BCUT2D eigenvalue weighted by Gasteiger charge is -2.24. The molecular weight excluding hydrogens is 340 g/mol. The van der Waals surface area contributed by atoms with Gasteiger partial charge in [-0.2, -0.15) is 5.10 Å². The van der Waals surface area contributed by atoms with E-state index in [2.05, 4.69) is 66.4 Å². The Morgan fingerprint density at radius 3 is 2.58 bits per heavy atom. The highest BCUT2D eigenvalue weighted by molar-refractivity contribution is 7.71. The number of rotatable bonds is 4. The highest BCUT2D eigenvalue weighted by atomic mass is 32.1. The van der Waals surface area contributed by atoms with Gasteiger partial charge in [-0.3, -0.25) is 4.90 Å². The van der Waals surface area contributed by atoms with Gasteiger partial charge in [0.2, 0.25) is 0 Å². The largest absolute Gasteiger partial charge is 0.303 e. The van der Waals surface area contributed by atoms with Crippen LogP contribution in [0.1, 0.15) is 30.0 Å². The summed E-state index contributed by atoms with van der Waals surface area (Å²) >= 11 is 5.68. The summed E-state index contributed by atoms with van der Waals surface area (Å²) in [5.74, 6) is 0.934. The average Bonchev–Trinajstić information content (AvgIpc) is 3.23. The van der Waals surface area contributed by atoms with Crippen LogP contribution >= 0.6 is 12.2 Å².